The fraction of sp³-hybridized carbons (Fsp3) is 0.273. The van der Waals surface area contributed by atoms with E-state index in [1.165, 1.54) is 57.4 Å². The predicted octanol–water partition coefficient (Wildman–Crippen LogP) is 3.49. The van der Waals surface area contributed by atoms with Crippen molar-refractivity contribution in [2.75, 3.05) is 0 Å². The van der Waals surface area contributed by atoms with Gasteiger partial charge >= 0.3 is 0 Å². The highest BCUT2D eigenvalue weighted by Gasteiger charge is 2.21. The van der Waals surface area contributed by atoms with Gasteiger partial charge in [-0.1, -0.05) is 19.1 Å². The van der Waals surface area contributed by atoms with Crippen LogP contribution in [0.25, 0.3) is 0 Å². The third-order valence-electron chi connectivity index (χ3n) is 5.27. The van der Waals surface area contributed by atoms with Gasteiger partial charge in [0, 0.05) is 21.9 Å². The lowest BCUT2D eigenvalue weighted by atomic mass is 9.90. The lowest BCUT2D eigenvalue weighted by Crippen LogP contribution is -2.41. The van der Waals surface area contributed by atoms with Gasteiger partial charge in [0.25, 0.3) is 11.8 Å². The second kappa shape index (κ2) is 9.53. The minimum Gasteiger partial charge on any atom is -0.267 e. The summed E-state index contributed by atoms with van der Waals surface area (Å²) in [6.07, 6.45) is 3.06. The zero-order chi connectivity index (χ0) is 22.7. The molecule has 2 aromatic heterocycles. The Bertz CT molecular complexity index is 1230. The maximum Gasteiger partial charge on any atom is 0.279 e. The van der Waals surface area contributed by atoms with Crippen LogP contribution < -0.4 is 15.6 Å². The van der Waals surface area contributed by atoms with E-state index < -0.39 is 15.9 Å². The molecule has 1 aliphatic carbocycles. The van der Waals surface area contributed by atoms with Gasteiger partial charge in [0.15, 0.2) is 0 Å². The molecule has 7 nitrogen and oxygen atoms in total. The minimum atomic E-state index is -3.78. The van der Waals surface area contributed by atoms with E-state index in [-0.39, 0.29) is 22.9 Å². The Balaban J connectivity index is 1.38. The third kappa shape index (κ3) is 5.26. The van der Waals surface area contributed by atoms with Crippen LogP contribution in [0.1, 0.15) is 48.7 Å². The van der Waals surface area contributed by atoms with Gasteiger partial charge in [-0.25, -0.2) is 13.1 Å². The molecule has 2 heterocycles. The summed E-state index contributed by atoms with van der Waals surface area (Å²) in [6, 6.07) is 11.3. The second-order valence-electron chi connectivity index (χ2n) is 7.75. The molecule has 0 saturated heterocycles. The molecule has 1 atom stereocenters. The van der Waals surface area contributed by atoms with Gasteiger partial charge in [-0.3, -0.25) is 20.4 Å². The zero-order valence-electron chi connectivity index (χ0n) is 17.4. The topological polar surface area (TPSA) is 104 Å². The van der Waals surface area contributed by atoms with Gasteiger partial charge in [0.05, 0.1) is 9.77 Å². The van der Waals surface area contributed by atoms with Gasteiger partial charge in [0.1, 0.15) is 0 Å². The highest BCUT2D eigenvalue weighted by Crippen LogP contribution is 2.32. The molecule has 0 aliphatic heterocycles. The van der Waals surface area contributed by atoms with Crippen LogP contribution in [0.2, 0.25) is 0 Å². The van der Waals surface area contributed by atoms with Crippen LogP contribution >= 0.6 is 22.7 Å². The SMILES string of the molecule is CC1CCc2sc(C(=O)NNC(=O)c3cccc(S(=O)(=O)NCc4cccs4)c3)cc2C1. The average Bonchev–Trinajstić information content (AvgIpc) is 3.45. The molecule has 0 bridgehead atoms. The molecular formula is C22H23N3O4S3. The summed E-state index contributed by atoms with van der Waals surface area (Å²) in [4.78, 5) is 27.6. The number of sulfonamides is 1. The summed E-state index contributed by atoms with van der Waals surface area (Å²) in [5.74, 6) is -0.369. The molecule has 1 aromatic carbocycles. The number of carbonyl (C=O) groups excluding carboxylic acids is 2. The maximum atomic E-state index is 12.6. The summed E-state index contributed by atoms with van der Waals surface area (Å²) >= 11 is 2.91. The van der Waals surface area contributed by atoms with Crippen LogP contribution in [0.5, 0.6) is 0 Å². The van der Waals surface area contributed by atoms with E-state index in [4.69, 9.17) is 0 Å². The van der Waals surface area contributed by atoms with Gasteiger partial charge in [-0.2, -0.15) is 0 Å². The van der Waals surface area contributed by atoms with Crippen molar-refractivity contribution < 1.29 is 18.0 Å². The van der Waals surface area contributed by atoms with Crippen molar-refractivity contribution in [1.82, 2.24) is 15.6 Å². The molecule has 3 aromatic rings. The summed E-state index contributed by atoms with van der Waals surface area (Å²) in [5, 5.41) is 1.87. The van der Waals surface area contributed by atoms with Gasteiger partial charge in [0.2, 0.25) is 10.0 Å². The van der Waals surface area contributed by atoms with Crippen LogP contribution in [0.4, 0.5) is 0 Å². The Labute approximate surface area is 194 Å². The monoisotopic (exact) mass is 489 g/mol. The molecule has 3 N–H and O–H groups in total. The molecule has 0 radical (unpaired) electrons. The molecule has 2 amide bonds. The summed E-state index contributed by atoms with van der Waals surface area (Å²) in [7, 11) is -3.78. The number of nitrogens with one attached hydrogen (secondary N) is 3. The molecule has 1 unspecified atom stereocenters. The van der Waals surface area contributed by atoms with E-state index in [1.807, 2.05) is 23.6 Å². The van der Waals surface area contributed by atoms with Crippen molar-refractivity contribution >= 4 is 44.5 Å². The first-order chi connectivity index (χ1) is 15.3. The van der Waals surface area contributed by atoms with E-state index in [2.05, 4.69) is 22.5 Å². The zero-order valence-corrected chi connectivity index (χ0v) is 19.8. The second-order valence-corrected chi connectivity index (χ2v) is 11.7. The third-order valence-corrected chi connectivity index (χ3v) is 8.78. The number of rotatable bonds is 6. The molecule has 168 valence electrons. The van der Waals surface area contributed by atoms with Gasteiger partial charge in [-0.05, 0) is 66.5 Å². The van der Waals surface area contributed by atoms with Crippen LogP contribution in [-0.2, 0) is 29.4 Å². The fourth-order valence-electron chi connectivity index (χ4n) is 3.53. The Kier molecular flexibility index (Phi) is 6.75. The van der Waals surface area contributed by atoms with Crippen molar-refractivity contribution in [3.8, 4) is 0 Å². The van der Waals surface area contributed by atoms with Crippen LogP contribution in [0.15, 0.2) is 52.7 Å². The molecule has 4 rings (SSSR count). The van der Waals surface area contributed by atoms with Crippen LogP contribution in [0, 0.1) is 5.92 Å². The average molecular weight is 490 g/mol. The standard InChI is InChI=1S/C22H23N3O4S3/c1-14-7-8-19-16(10-14)12-20(31-19)22(27)25-24-21(26)15-4-2-6-18(11-15)32(28,29)23-13-17-5-3-9-30-17/h2-6,9,11-12,14,23H,7-8,10,13H2,1H3,(H,24,26)(H,25,27). The quantitative estimate of drug-likeness (QED) is 0.461. The molecular weight excluding hydrogens is 466 g/mol. The van der Waals surface area contributed by atoms with E-state index >= 15 is 0 Å². The Hall–Kier alpha value is -2.53. The highest BCUT2D eigenvalue weighted by atomic mass is 32.2. The van der Waals surface area contributed by atoms with Crippen molar-refractivity contribution in [2.24, 2.45) is 5.92 Å². The van der Waals surface area contributed by atoms with Crippen molar-refractivity contribution in [3.63, 3.8) is 0 Å². The molecule has 10 heteroatoms. The van der Waals surface area contributed by atoms with Crippen LogP contribution in [-0.4, -0.2) is 20.2 Å². The fourth-order valence-corrected chi connectivity index (χ4v) is 6.42. The first-order valence-electron chi connectivity index (χ1n) is 10.2. The highest BCUT2D eigenvalue weighted by molar-refractivity contribution is 7.89. The maximum absolute atomic E-state index is 12.6. The molecule has 0 fully saturated rings. The van der Waals surface area contributed by atoms with E-state index in [0.717, 1.165) is 24.1 Å². The molecule has 0 spiro atoms. The van der Waals surface area contributed by atoms with Crippen molar-refractivity contribution in [3.05, 3.63) is 73.6 Å². The number of hydrogen-bond acceptors (Lipinski definition) is 6. The van der Waals surface area contributed by atoms with Crippen molar-refractivity contribution in [2.45, 2.75) is 37.6 Å². The first kappa shape index (κ1) is 22.7. The molecule has 1 aliphatic rings. The van der Waals surface area contributed by atoms with E-state index in [1.54, 1.807) is 0 Å². The number of amides is 2. The van der Waals surface area contributed by atoms with Crippen molar-refractivity contribution in [1.29, 1.82) is 0 Å². The van der Waals surface area contributed by atoms with Gasteiger partial charge in [-0.15, -0.1) is 22.7 Å². The number of hydrogen-bond donors (Lipinski definition) is 3. The number of fused-ring (bicyclic) bond motifs is 1. The Morgan fingerprint density at radius 3 is 2.69 bits per heavy atom. The lowest BCUT2D eigenvalue weighted by molar-refractivity contribution is 0.0848. The summed E-state index contributed by atoms with van der Waals surface area (Å²) in [5.41, 5.74) is 6.14. The summed E-state index contributed by atoms with van der Waals surface area (Å²) in [6.45, 7) is 2.38. The Morgan fingerprint density at radius 2 is 1.91 bits per heavy atom. The Morgan fingerprint density at radius 1 is 1.09 bits per heavy atom. The molecule has 0 saturated carbocycles. The first-order valence-corrected chi connectivity index (χ1v) is 13.3. The number of carbonyl (C=O) groups is 2. The van der Waals surface area contributed by atoms with Crippen LogP contribution in [0.3, 0.4) is 0 Å². The lowest BCUT2D eigenvalue weighted by Gasteiger charge is -2.16. The number of benzene rings is 1. The summed E-state index contributed by atoms with van der Waals surface area (Å²) < 4.78 is 27.7. The number of hydrazine groups is 1. The largest absolute Gasteiger partial charge is 0.279 e. The normalized spacial score (nSPS) is 15.7. The molecule has 32 heavy (non-hydrogen) atoms. The van der Waals surface area contributed by atoms with E-state index in [9.17, 15) is 18.0 Å². The number of thiophene rings is 2. The van der Waals surface area contributed by atoms with E-state index in [0.29, 0.717) is 10.8 Å². The van der Waals surface area contributed by atoms with Gasteiger partial charge < -0.3 is 0 Å². The predicted molar refractivity (Wildman–Crippen MR) is 125 cm³/mol. The minimum absolute atomic E-state index is 0.0203. The number of aryl methyl sites for hydroxylation is 1. The smallest absolute Gasteiger partial charge is 0.267 e.